The molecule has 8 nitrogen and oxygen atoms in total. The largest absolute Gasteiger partial charge is 0.497 e. The van der Waals surface area contributed by atoms with E-state index in [1.54, 1.807) is 33.5 Å². The molecule has 0 saturated heterocycles. The number of likely N-dealkylation sites (N-methyl/N-ethyl adjacent to an activating group) is 1. The van der Waals surface area contributed by atoms with Crippen molar-refractivity contribution in [3.05, 3.63) is 64.3 Å². The number of nitrogens with zero attached hydrogens (tertiary/aromatic N) is 3. The summed E-state index contributed by atoms with van der Waals surface area (Å²) in [4.78, 5) is 31.5. The molecule has 0 atom stereocenters. The lowest BCUT2D eigenvalue weighted by molar-refractivity contribution is -0.122. The Kier molecular flexibility index (Phi) is 9.23. The molecule has 1 aromatic carbocycles. The van der Waals surface area contributed by atoms with Gasteiger partial charge >= 0.3 is 6.03 Å². The maximum atomic E-state index is 12.5. The molecule has 0 fully saturated rings. The van der Waals surface area contributed by atoms with Gasteiger partial charge in [0, 0.05) is 32.6 Å². The van der Waals surface area contributed by atoms with E-state index in [2.05, 4.69) is 10.3 Å². The summed E-state index contributed by atoms with van der Waals surface area (Å²) in [6.45, 7) is 2.65. The van der Waals surface area contributed by atoms with Crippen molar-refractivity contribution in [2.45, 2.75) is 20.1 Å². The number of methoxy groups -OCH3 is 1. The smallest absolute Gasteiger partial charge is 0.326 e. The number of urea groups is 1. The first-order chi connectivity index (χ1) is 14.8. The number of benzene rings is 1. The highest BCUT2D eigenvalue weighted by Gasteiger charge is 2.18. The Morgan fingerprint density at radius 2 is 1.87 bits per heavy atom. The SMILES string of the molecule is C/C=C\N/C(=C/C(=O)N(C)C(=O)N(C)C)c1nc(COCc2ccc(OC)cc2)cs1. The van der Waals surface area contributed by atoms with E-state index >= 15 is 0 Å². The summed E-state index contributed by atoms with van der Waals surface area (Å²) >= 11 is 1.39. The van der Waals surface area contributed by atoms with Gasteiger partial charge in [-0.1, -0.05) is 18.2 Å². The number of ether oxygens (including phenoxy) is 2. The molecule has 1 aromatic heterocycles. The van der Waals surface area contributed by atoms with Gasteiger partial charge in [0.05, 0.1) is 31.7 Å². The van der Waals surface area contributed by atoms with Crippen LogP contribution in [0.15, 0.2) is 48.0 Å². The van der Waals surface area contributed by atoms with Crippen LogP contribution in [0, 0.1) is 0 Å². The van der Waals surface area contributed by atoms with Gasteiger partial charge in [0.25, 0.3) is 5.91 Å². The molecule has 31 heavy (non-hydrogen) atoms. The van der Waals surface area contributed by atoms with Crippen molar-refractivity contribution in [1.29, 1.82) is 0 Å². The molecule has 0 aliphatic heterocycles. The fourth-order valence-electron chi connectivity index (χ4n) is 2.45. The summed E-state index contributed by atoms with van der Waals surface area (Å²) in [7, 11) is 6.25. The highest BCUT2D eigenvalue weighted by molar-refractivity contribution is 7.10. The average molecular weight is 445 g/mol. The second-order valence-electron chi connectivity index (χ2n) is 6.76. The van der Waals surface area contributed by atoms with E-state index in [4.69, 9.17) is 9.47 Å². The molecule has 0 radical (unpaired) electrons. The van der Waals surface area contributed by atoms with E-state index in [1.807, 2.05) is 36.6 Å². The topological polar surface area (TPSA) is 84.0 Å². The average Bonchev–Trinajstić information content (AvgIpc) is 3.24. The second-order valence-corrected chi connectivity index (χ2v) is 7.62. The second kappa shape index (κ2) is 11.9. The molecule has 0 saturated carbocycles. The Morgan fingerprint density at radius 1 is 1.16 bits per heavy atom. The molecule has 0 bridgehead atoms. The lowest BCUT2D eigenvalue weighted by atomic mass is 10.2. The molecule has 2 aromatic rings. The van der Waals surface area contributed by atoms with Crippen molar-refractivity contribution in [3.63, 3.8) is 0 Å². The van der Waals surface area contributed by atoms with Crippen molar-refractivity contribution < 1.29 is 19.1 Å². The highest BCUT2D eigenvalue weighted by Crippen LogP contribution is 2.19. The number of rotatable bonds is 9. The van der Waals surface area contributed by atoms with Gasteiger partial charge in [-0.05, 0) is 30.8 Å². The Morgan fingerprint density at radius 3 is 2.48 bits per heavy atom. The molecule has 0 unspecified atom stereocenters. The van der Waals surface area contributed by atoms with Crippen LogP contribution < -0.4 is 10.1 Å². The van der Waals surface area contributed by atoms with Crippen LogP contribution in [-0.4, -0.2) is 55.0 Å². The van der Waals surface area contributed by atoms with Gasteiger partial charge in [0.15, 0.2) is 0 Å². The number of nitrogens with one attached hydrogen (secondary N) is 1. The first kappa shape index (κ1) is 24.1. The maximum Gasteiger partial charge on any atom is 0.326 e. The van der Waals surface area contributed by atoms with Crippen LogP contribution >= 0.6 is 11.3 Å². The zero-order valence-electron chi connectivity index (χ0n) is 18.4. The van der Waals surface area contributed by atoms with Crippen LogP contribution in [0.25, 0.3) is 5.70 Å². The molecule has 0 spiro atoms. The van der Waals surface area contributed by atoms with Crippen molar-refractivity contribution in [1.82, 2.24) is 20.1 Å². The van der Waals surface area contributed by atoms with Crippen molar-refractivity contribution in [2.75, 3.05) is 28.3 Å². The van der Waals surface area contributed by atoms with Crippen molar-refractivity contribution in [2.24, 2.45) is 0 Å². The maximum absolute atomic E-state index is 12.5. The Labute approximate surface area is 186 Å². The van der Waals surface area contributed by atoms with Crippen LogP contribution in [0.2, 0.25) is 0 Å². The zero-order chi connectivity index (χ0) is 22.8. The third-order valence-corrected chi connectivity index (χ3v) is 5.06. The van der Waals surface area contributed by atoms with Crippen LogP contribution in [0.4, 0.5) is 4.79 Å². The van der Waals surface area contributed by atoms with E-state index in [9.17, 15) is 9.59 Å². The normalized spacial score (nSPS) is 11.5. The molecule has 0 aliphatic carbocycles. The van der Waals surface area contributed by atoms with Gasteiger partial charge < -0.3 is 19.7 Å². The fourth-order valence-corrected chi connectivity index (χ4v) is 3.23. The van der Waals surface area contributed by atoms with Crippen molar-refractivity contribution in [3.8, 4) is 5.75 Å². The third kappa shape index (κ3) is 7.23. The summed E-state index contributed by atoms with van der Waals surface area (Å²) in [6.07, 6.45) is 4.87. The third-order valence-electron chi connectivity index (χ3n) is 4.13. The molecular formula is C22H28N4O4S. The fraction of sp³-hybridized carbons (Fsp3) is 0.318. The van der Waals surface area contributed by atoms with E-state index < -0.39 is 11.9 Å². The number of carbonyl (C=O) groups excluding carboxylic acids is 2. The molecule has 0 aliphatic rings. The molecule has 1 N–H and O–H groups in total. The first-order valence-electron chi connectivity index (χ1n) is 9.59. The lowest BCUT2D eigenvalue weighted by Gasteiger charge is -2.19. The standard InChI is InChI=1S/C22H28N4O4S/c1-6-11-23-19(12-20(27)26(4)22(28)25(2)3)21-24-17(15-31-21)14-30-13-16-7-9-18(29-5)10-8-16/h6-12,15,23H,13-14H2,1-5H3/b11-6-,19-12+. The summed E-state index contributed by atoms with van der Waals surface area (Å²) in [5.74, 6) is 0.353. The van der Waals surface area contributed by atoms with Gasteiger partial charge in [-0.2, -0.15) is 0 Å². The predicted molar refractivity (Wildman–Crippen MR) is 121 cm³/mol. The minimum atomic E-state index is -0.446. The number of hydrogen-bond donors (Lipinski definition) is 1. The number of aromatic nitrogens is 1. The number of allylic oxidation sites excluding steroid dienone is 1. The van der Waals surface area contributed by atoms with Gasteiger partial charge in [0.2, 0.25) is 0 Å². The minimum absolute atomic E-state index is 0.340. The van der Waals surface area contributed by atoms with Crippen LogP contribution in [0.5, 0.6) is 5.75 Å². The molecular weight excluding hydrogens is 416 g/mol. The van der Waals surface area contributed by atoms with Crippen LogP contribution in [-0.2, 0) is 22.7 Å². The van der Waals surface area contributed by atoms with Gasteiger partial charge in [-0.25, -0.2) is 9.78 Å². The first-order valence-corrected chi connectivity index (χ1v) is 10.5. The quantitative estimate of drug-likeness (QED) is 0.596. The monoisotopic (exact) mass is 444 g/mol. The van der Waals surface area contributed by atoms with E-state index in [-0.39, 0.29) is 0 Å². The van der Waals surface area contributed by atoms with E-state index in [1.165, 1.54) is 29.4 Å². The molecule has 9 heteroatoms. The molecule has 2 rings (SSSR count). The van der Waals surface area contributed by atoms with Crippen LogP contribution in [0.1, 0.15) is 23.2 Å². The predicted octanol–water partition coefficient (Wildman–Crippen LogP) is 3.47. The van der Waals surface area contributed by atoms with E-state index in [0.29, 0.717) is 23.9 Å². The number of hydrogen-bond acceptors (Lipinski definition) is 7. The molecule has 166 valence electrons. The lowest BCUT2D eigenvalue weighted by Crippen LogP contribution is -2.39. The molecule has 3 amide bonds. The van der Waals surface area contributed by atoms with Gasteiger partial charge in [-0.15, -0.1) is 11.3 Å². The molecule has 1 heterocycles. The summed E-state index contributed by atoms with van der Waals surface area (Å²) in [5, 5.41) is 5.56. The number of imide groups is 1. The van der Waals surface area contributed by atoms with Gasteiger partial charge in [0.1, 0.15) is 10.8 Å². The Bertz CT molecular complexity index is 935. The van der Waals surface area contributed by atoms with E-state index in [0.717, 1.165) is 21.9 Å². The summed E-state index contributed by atoms with van der Waals surface area (Å²) in [5.41, 5.74) is 2.30. The summed E-state index contributed by atoms with van der Waals surface area (Å²) < 4.78 is 10.9. The number of thiazole rings is 1. The Hall–Kier alpha value is -3.17. The number of carbonyl (C=O) groups is 2. The van der Waals surface area contributed by atoms with Crippen LogP contribution in [0.3, 0.4) is 0 Å². The minimum Gasteiger partial charge on any atom is -0.497 e. The zero-order valence-corrected chi connectivity index (χ0v) is 19.2. The Balaban J connectivity index is 2.05. The summed E-state index contributed by atoms with van der Waals surface area (Å²) in [6, 6.07) is 7.27. The van der Waals surface area contributed by atoms with Crippen molar-refractivity contribution >= 4 is 29.0 Å². The highest BCUT2D eigenvalue weighted by atomic mass is 32.1. The van der Waals surface area contributed by atoms with Gasteiger partial charge in [-0.3, -0.25) is 9.69 Å². The number of amides is 3.